The van der Waals surface area contributed by atoms with Crippen molar-refractivity contribution >= 4 is 45.9 Å². The van der Waals surface area contributed by atoms with E-state index in [-0.39, 0.29) is 34.4 Å². The van der Waals surface area contributed by atoms with Crippen molar-refractivity contribution in [3.63, 3.8) is 0 Å². The third kappa shape index (κ3) is 3.71. The van der Waals surface area contributed by atoms with Gasteiger partial charge in [-0.2, -0.15) is 0 Å². The molecular formula is C19H18ClN5O4S. The number of carbonyl (C=O) groups is 1. The quantitative estimate of drug-likeness (QED) is 0.260. The maximum Gasteiger partial charge on any atom is 0.332 e. The van der Waals surface area contributed by atoms with E-state index < -0.39 is 17.0 Å². The number of halogens is 1. The van der Waals surface area contributed by atoms with Crippen molar-refractivity contribution in [2.45, 2.75) is 11.7 Å². The molecule has 2 aromatic heterocycles. The molecule has 1 aromatic carbocycles. The number of hydrogen-bond acceptors (Lipinski definition) is 7. The van der Waals surface area contributed by atoms with Crippen LogP contribution in [-0.2, 0) is 20.6 Å². The van der Waals surface area contributed by atoms with Gasteiger partial charge < -0.3 is 5.73 Å². The number of thioether (sulfide) groups is 1. The highest BCUT2D eigenvalue weighted by atomic mass is 35.5. The normalized spacial score (nSPS) is 11.0. The summed E-state index contributed by atoms with van der Waals surface area (Å²) in [6.45, 7) is 3.83. The summed E-state index contributed by atoms with van der Waals surface area (Å²) in [5.74, 6) is -1.01. The predicted molar refractivity (Wildman–Crippen MR) is 118 cm³/mol. The van der Waals surface area contributed by atoms with Gasteiger partial charge in [0.2, 0.25) is 0 Å². The SMILES string of the molecule is C=CCn1c(SCC(=O)c2c(N)n(C)c(=O)n(C)c2=O)nc2cc(Cl)ccc2c1=O. The lowest BCUT2D eigenvalue weighted by atomic mass is 10.2. The zero-order chi connectivity index (χ0) is 22.2. The Hall–Kier alpha value is -3.11. The first-order chi connectivity index (χ1) is 14.2. The molecule has 0 saturated heterocycles. The van der Waals surface area contributed by atoms with Gasteiger partial charge in [-0.25, -0.2) is 9.78 Å². The molecule has 0 saturated carbocycles. The van der Waals surface area contributed by atoms with E-state index in [9.17, 15) is 19.2 Å². The fraction of sp³-hybridized carbons (Fsp3) is 0.211. The number of allylic oxidation sites excluding steroid dienone is 1. The summed E-state index contributed by atoms with van der Waals surface area (Å²) in [7, 11) is 2.64. The molecule has 9 nitrogen and oxygen atoms in total. The second kappa shape index (κ2) is 8.33. The first kappa shape index (κ1) is 21.6. The molecule has 3 rings (SSSR count). The fourth-order valence-corrected chi connectivity index (χ4v) is 3.95. The van der Waals surface area contributed by atoms with Crippen LogP contribution >= 0.6 is 23.4 Å². The number of nitrogens with zero attached hydrogens (tertiary/aromatic N) is 4. The fourth-order valence-electron chi connectivity index (χ4n) is 2.90. The maximum atomic E-state index is 12.8. The van der Waals surface area contributed by atoms with Gasteiger partial charge in [-0.3, -0.25) is 28.1 Å². The molecule has 156 valence electrons. The van der Waals surface area contributed by atoms with Crippen LogP contribution in [0.15, 0.2) is 50.4 Å². The topological polar surface area (TPSA) is 122 Å². The molecule has 0 amide bonds. The molecule has 0 unspecified atom stereocenters. The third-order valence-electron chi connectivity index (χ3n) is 4.52. The lowest BCUT2D eigenvalue weighted by molar-refractivity contribution is 0.102. The van der Waals surface area contributed by atoms with Crippen molar-refractivity contribution in [3.8, 4) is 0 Å². The molecule has 0 bridgehead atoms. The van der Waals surface area contributed by atoms with Gasteiger partial charge in [-0.1, -0.05) is 29.4 Å². The Bertz CT molecular complexity index is 1370. The second-order valence-corrected chi connectivity index (χ2v) is 7.82. The minimum absolute atomic E-state index is 0.185. The molecule has 0 spiro atoms. The van der Waals surface area contributed by atoms with E-state index in [4.69, 9.17) is 17.3 Å². The van der Waals surface area contributed by atoms with Crippen LogP contribution in [0.5, 0.6) is 0 Å². The van der Waals surface area contributed by atoms with Gasteiger partial charge in [0.25, 0.3) is 11.1 Å². The number of Topliss-reactive ketones (excluding diaryl/α,β-unsaturated/α-hetero) is 1. The number of anilines is 1. The van der Waals surface area contributed by atoms with E-state index in [1.807, 2.05) is 0 Å². The lowest BCUT2D eigenvalue weighted by Gasteiger charge is -2.13. The van der Waals surface area contributed by atoms with E-state index in [0.717, 1.165) is 20.9 Å². The van der Waals surface area contributed by atoms with Gasteiger partial charge in [0.05, 0.1) is 16.7 Å². The number of nitrogens with two attached hydrogens (primary N) is 1. The molecule has 0 aliphatic heterocycles. The number of fused-ring (bicyclic) bond motifs is 1. The third-order valence-corrected chi connectivity index (χ3v) is 5.73. The Labute approximate surface area is 179 Å². The van der Waals surface area contributed by atoms with Crippen LogP contribution in [0, 0.1) is 0 Å². The Morgan fingerprint density at radius 1 is 1.23 bits per heavy atom. The lowest BCUT2D eigenvalue weighted by Crippen LogP contribution is -2.41. The molecule has 0 atom stereocenters. The molecule has 0 aliphatic carbocycles. The van der Waals surface area contributed by atoms with Gasteiger partial charge in [0, 0.05) is 25.7 Å². The monoisotopic (exact) mass is 447 g/mol. The van der Waals surface area contributed by atoms with Crippen molar-refractivity contribution in [1.29, 1.82) is 0 Å². The molecule has 30 heavy (non-hydrogen) atoms. The number of rotatable bonds is 6. The van der Waals surface area contributed by atoms with Gasteiger partial charge in [0.1, 0.15) is 11.4 Å². The minimum atomic E-state index is -0.775. The summed E-state index contributed by atoms with van der Waals surface area (Å²) >= 11 is 6.98. The Morgan fingerprint density at radius 3 is 2.60 bits per heavy atom. The van der Waals surface area contributed by atoms with E-state index in [0.29, 0.717) is 15.9 Å². The smallest absolute Gasteiger partial charge is 0.332 e. The Morgan fingerprint density at radius 2 is 1.93 bits per heavy atom. The first-order valence-electron chi connectivity index (χ1n) is 8.69. The highest BCUT2D eigenvalue weighted by Gasteiger charge is 2.21. The zero-order valence-corrected chi connectivity index (χ0v) is 17.8. The number of hydrogen-bond donors (Lipinski definition) is 1. The highest BCUT2D eigenvalue weighted by Crippen LogP contribution is 2.21. The van der Waals surface area contributed by atoms with E-state index in [1.165, 1.54) is 24.7 Å². The van der Waals surface area contributed by atoms with E-state index in [2.05, 4.69) is 11.6 Å². The van der Waals surface area contributed by atoms with Crippen LogP contribution in [0.4, 0.5) is 5.82 Å². The van der Waals surface area contributed by atoms with E-state index in [1.54, 1.807) is 18.2 Å². The van der Waals surface area contributed by atoms with Crippen LogP contribution in [0.25, 0.3) is 10.9 Å². The zero-order valence-electron chi connectivity index (χ0n) is 16.2. The maximum absolute atomic E-state index is 12.8. The van der Waals surface area contributed by atoms with Crippen LogP contribution < -0.4 is 22.5 Å². The highest BCUT2D eigenvalue weighted by molar-refractivity contribution is 7.99. The van der Waals surface area contributed by atoms with Crippen molar-refractivity contribution in [2.24, 2.45) is 14.1 Å². The molecule has 0 radical (unpaired) electrons. The number of benzene rings is 1. The largest absolute Gasteiger partial charge is 0.384 e. The molecule has 2 N–H and O–H groups in total. The summed E-state index contributed by atoms with van der Waals surface area (Å²) in [5, 5.41) is 1.07. The Balaban J connectivity index is 2.04. The summed E-state index contributed by atoms with van der Waals surface area (Å²) in [6, 6.07) is 4.74. The van der Waals surface area contributed by atoms with Crippen molar-refractivity contribution < 1.29 is 4.79 Å². The predicted octanol–water partition coefficient (Wildman–Crippen LogP) is 1.19. The van der Waals surface area contributed by atoms with Crippen LogP contribution in [0.3, 0.4) is 0 Å². The number of aromatic nitrogens is 4. The average molecular weight is 448 g/mol. The Kier molecular flexibility index (Phi) is 5.99. The van der Waals surface area contributed by atoms with Gasteiger partial charge in [-0.15, -0.1) is 6.58 Å². The van der Waals surface area contributed by atoms with Gasteiger partial charge in [-0.05, 0) is 18.2 Å². The summed E-state index contributed by atoms with van der Waals surface area (Å²) < 4.78 is 3.23. The number of nitrogen functional groups attached to an aromatic ring is 1. The molecule has 3 aromatic rings. The molecule has 11 heteroatoms. The summed E-state index contributed by atoms with van der Waals surface area (Å²) in [4.78, 5) is 54.4. The van der Waals surface area contributed by atoms with Crippen molar-refractivity contribution in [2.75, 3.05) is 11.5 Å². The van der Waals surface area contributed by atoms with E-state index >= 15 is 0 Å². The standard InChI is InChI=1S/C19H18ClN5O4S/c1-4-7-25-16(27)11-6-5-10(20)8-12(11)22-18(25)30-9-13(26)14-15(21)23(2)19(29)24(3)17(14)28/h4-6,8H,1,7,9,21H2,2-3H3. The summed E-state index contributed by atoms with van der Waals surface area (Å²) in [6.07, 6.45) is 1.54. The molecule has 2 heterocycles. The van der Waals surface area contributed by atoms with Gasteiger partial charge >= 0.3 is 5.69 Å². The molecule has 0 aliphatic rings. The molecule has 0 fully saturated rings. The average Bonchev–Trinajstić information content (AvgIpc) is 2.71. The summed E-state index contributed by atoms with van der Waals surface area (Å²) in [5.41, 5.74) is 4.24. The second-order valence-electron chi connectivity index (χ2n) is 6.44. The van der Waals surface area contributed by atoms with Crippen molar-refractivity contribution in [1.82, 2.24) is 18.7 Å². The van der Waals surface area contributed by atoms with Crippen LogP contribution in [0.1, 0.15) is 10.4 Å². The van der Waals surface area contributed by atoms with Crippen LogP contribution in [-0.4, -0.2) is 30.2 Å². The minimum Gasteiger partial charge on any atom is -0.384 e. The number of ketones is 1. The molecular weight excluding hydrogens is 430 g/mol. The van der Waals surface area contributed by atoms with Gasteiger partial charge in [0.15, 0.2) is 10.9 Å². The number of carbonyl (C=O) groups excluding carboxylic acids is 1. The first-order valence-corrected chi connectivity index (χ1v) is 10.1. The van der Waals surface area contributed by atoms with Crippen LogP contribution in [0.2, 0.25) is 5.02 Å². The van der Waals surface area contributed by atoms with Crippen molar-refractivity contribution in [3.05, 3.63) is 72.6 Å².